The van der Waals surface area contributed by atoms with E-state index in [1.54, 1.807) is 0 Å². The van der Waals surface area contributed by atoms with Gasteiger partial charge in [-0.25, -0.2) is 4.79 Å². The van der Waals surface area contributed by atoms with Gasteiger partial charge in [-0.1, -0.05) is 24.3 Å². The minimum Gasteiger partial charge on any atom is -0.490 e. The van der Waals surface area contributed by atoms with Gasteiger partial charge in [0.2, 0.25) is 0 Å². The van der Waals surface area contributed by atoms with Gasteiger partial charge in [0.15, 0.2) is 0 Å². The number of aliphatic hydroxyl groups is 1. The van der Waals surface area contributed by atoms with Crippen LogP contribution in [0.15, 0.2) is 30.3 Å². The maximum Gasteiger partial charge on any atom is 0.314 e. The molecule has 5 heteroatoms. The van der Waals surface area contributed by atoms with Crippen molar-refractivity contribution >= 4 is 16.8 Å². The summed E-state index contributed by atoms with van der Waals surface area (Å²) in [6, 6.07) is 9.88. The topological polar surface area (TPSA) is 70.6 Å². The predicted octanol–water partition coefficient (Wildman–Crippen LogP) is 2.13. The van der Waals surface area contributed by atoms with E-state index in [9.17, 15) is 9.90 Å². The van der Waals surface area contributed by atoms with E-state index in [1.807, 2.05) is 31.2 Å². The van der Waals surface area contributed by atoms with Crippen LogP contribution in [0, 0.1) is 0 Å². The highest BCUT2D eigenvalue weighted by Gasteiger charge is 2.27. The Morgan fingerprint density at radius 3 is 3.00 bits per heavy atom. The summed E-state index contributed by atoms with van der Waals surface area (Å²) in [4.78, 5) is 11.4. The van der Waals surface area contributed by atoms with E-state index in [-0.39, 0.29) is 6.03 Å². The number of amides is 2. The standard InChI is InChI=1S/C17H20N2O3/c1-2-18-17(21)19-8-7-12-9-11-5-3-4-6-13(11)15-14(20)10-22-16(12)15/h3-6,9,14,20H,2,7-8,10H2,1H3,(H2,18,19,21). The van der Waals surface area contributed by atoms with Crippen LogP contribution >= 0.6 is 0 Å². The van der Waals surface area contributed by atoms with Crippen LogP contribution in [0.25, 0.3) is 10.8 Å². The van der Waals surface area contributed by atoms with E-state index in [4.69, 9.17) is 4.74 Å². The third kappa shape index (κ3) is 2.72. The molecule has 0 saturated heterocycles. The monoisotopic (exact) mass is 300 g/mol. The summed E-state index contributed by atoms with van der Waals surface area (Å²) in [5.74, 6) is 0.767. The van der Waals surface area contributed by atoms with Crippen LogP contribution in [0.3, 0.4) is 0 Å². The number of hydrogen-bond donors (Lipinski definition) is 3. The molecule has 0 bridgehead atoms. The molecule has 0 aliphatic carbocycles. The summed E-state index contributed by atoms with van der Waals surface area (Å²) in [7, 11) is 0. The third-order valence-electron chi connectivity index (χ3n) is 3.85. The molecule has 2 aromatic carbocycles. The highest BCUT2D eigenvalue weighted by atomic mass is 16.5. The first kappa shape index (κ1) is 14.7. The van der Waals surface area contributed by atoms with Crippen LogP contribution in [0.1, 0.15) is 24.2 Å². The van der Waals surface area contributed by atoms with Gasteiger partial charge in [-0.15, -0.1) is 0 Å². The molecule has 1 aliphatic heterocycles. The second-order valence-corrected chi connectivity index (χ2v) is 5.36. The Bertz CT molecular complexity index is 700. The number of fused-ring (bicyclic) bond motifs is 3. The third-order valence-corrected chi connectivity index (χ3v) is 3.85. The molecule has 0 saturated carbocycles. The van der Waals surface area contributed by atoms with E-state index in [0.29, 0.717) is 26.1 Å². The molecule has 1 unspecified atom stereocenters. The summed E-state index contributed by atoms with van der Waals surface area (Å²) in [5, 5.41) is 17.8. The molecule has 0 aromatic heterocycles. The molecule has 1 aliphatic rings. The van der Waals surface area contributed by atoms with Crippen LogP contribution in [0.4, 0.5) is 4.79 Å². The second kappa shape index (κ2) is 6.23. The minimum atomic E-state index is -0.587. The average molecular weight is 300 g/mol. The molecule has 0 spiro atoms. The summed E-state index contributed by atoms with van der Waals surface area (Å²) in [6.07, 6.45) is 0.0769. The lowest BCUT2D eigenvalue weighted by atomic mass is 9.96. The smallest absolute Gasteiger partial charge is 0.314 e. The van der Waals surface area contributed by atoms with Crippen LogP contribution in [-0.4, -0.2) is 30.8 Å². The molecule has 1 atom stereocenters. The first-order valence-electron chi connectivity index (χ1n) is 7.57. The Balaban J connectivity index is 1.86. The summed E-state index contributed by atoms with van der Waals surface area (Å²) in [6.45, 7) is 3.30. The van der Waals surface area contributed by atoms with Crippen LogP contribution in [0.2, 0.25) is 0 Å². The second-order valence-electron chi connectivity index (χ2n) is 5.36. The SMILES string of the molecule is CCNC(=O)NCCc1cc2ccccc2c2c1OCC2O. The highest BCUT2D eigenvalue weighted by molar-refractivity contribution is 5.90. The van der Waals surface area contributed by atoms with Crippen LogP contribution in [0.5, 0.6) is 5.75 Å². The number of urea groups is 1. The number of carbonyl (C=O) groups excluding carboxylic acids is 1. The predicted molar refractivity (Wildman–Crippen MR) is 85.2 cm³/mol. The van der Waals surface area contributed by atoms with Gasteiger partial charge < -0.3 is 20.5 Å². The summed E-state index contributed by atoms with van der Waals surface area (Å²) < 4.78 is 5.68. The van der Waals surface area contributed by atoms with Gasteiger partial charge in [0.1, 0.15) is 18.5 Å². The Labute approximate surface area is 129 Å². The van der Waals surface area contributed by atoms with Crippen molar-refractivity contribution in [2.45, 2.75) is 19.4 Å². The maximum atomic E-state index is 11.4. The zero-order valence-electron chi connectivity index (χ0n) is 12.6. The lowest BCUT2D eigenvalue weighted by molar-refractivity contribution is 0.141. The van der Waals surface area contributed by atoms with E-state index >= 15 is 0 Å². The van der Waals surface area contributed by atoms with Crippen molar-refractivity contribution in [3.63, 3.8) is 0 Å². The highest BCUT2D eigenvalue weighted by Crippen LogP contribution is 2.41. The molecule has 0 radical (unpaired) electrons. The number of benzene rings is 2. The average Bonchev–Trinajstić information content (AvgIpc) is 2.90. The van der Waals surface area contributed by atoms with E-state index in [1.165, 1.54) is 0 Å². The molecule has 2 amide bonds. The van der Waals surface area contributed by atoms with Crippen molar-refractivity contribution in [2.75, 3.05) is 19.7 Å². The number of rotatable bonds is 4. The molecule has 116 valence electrons. The molecule has 3 N–H and O–H groups in total. The van der Waals surface area contributed by atoms with Gasteiger partial charge in [-0.05, 0) is 35.7 Å². The Morgan fingerprint density at radius 2 is 2.18 bits per heavy atom. The van der Waals surface area contributed by atoms with Crippen molar-refractivity contribution in [1.29, 1.82) is 0 Å². The van der Waals surface area contributed by atoms with Crippen molar-refractivity contribution in [2.24, 2.45) is 0 Å². The van der Waals surface area contributed by atoms with Gasteiger partial charge in [0, 0.05) is 18.7 Å². The maximum absolute atomic E-state index is 11.4. The van der Waals surface area contributed by atoms with Crippen molar-refractivity contribution in [1.82, 2.24) is 10.6 Å². The number of aliphatic hydroxyl groups excluding tert-OH is 1. The van der Waals surface area contributed by atoms with Crippen LogP contribution < -0.4 is 15.4 Å². The number of ether oxygens (including phenoxy) is 1. The van der Waals surface area contributed by atoms with Crippen molar-refractivity contribution in [3.05, 3.63) is 41.5 Å². The quantitative estimate of drug-likeness (QED) is 0.810. The lowest BCUT2D eigenvalue weighted by Gasteiger charge is -2.12. The molecule has 22 heavy (non-hydrogen) atoms. The Hall–Kier alpha value is -2.27. The number of hydrogen-bond acceptors (Lipinski definition) is 3. The fraction of sp³-hybridized carbons (Fsp3) is 0.353. The summed E-state index contributed by atoms with van der Waals surface area (Å²) in [5.41, 5.74) is 1.88. The largest absolute Gasteiger partial charge is 0.490 e. The first-order chi connectivity index (χ1) is 10.7. The van der Waals surface area contributed by atoms with Gasteiger partial charge in [0.25, 0.3) is 0 Å². The van der Waals surface area contributed by atoms with E-state index in [0.717, 1.165) is 27.6 Å². The Kier molecular flexibility index (Phi) is 4.15. The van der Waals surface area contributed by atoms with Crippen molar-refractivity contribution < 1.29 is 14.6 Å². The number of carbonyl (C=O) groups is 1. The van der Waals surface area contributed by atoms with Crippen LogP contribution in [-0.2, 0) is 6.42 Å². The van der Waals surface area contributed by atoms with Gasteiger partial charge in [-0.3, -0.25) is 0 Å². The molecule has 5 nitrogen and oxygen atoms in total. The van der Waals surface area contributed by atoms with E-state index in [2.05, 4.69) is 16.7 Å². The zero-order valence-corrected chi connectivity index (χ0v) is 12.6. The summed E-state index contributed by atoms with van der Waals surface area (Å²) >= 11 is 0. The molecular weight excluding hydrogens is 280 g/mol. The molecule has 2 aromatic rings. The van der Waals surface area contributed by atoms with Gasteiger partial charge in [0.05, 0.1) is 0 Å². The van der Waals surface area contributed by atoms with Crippen molar-refractivity contribution in [3.8, 4) is 5.75 Å². The van der Waals surface area contributed by atoms with E-state index < -0.39 is 6.10 Å². The first-order valence-corrected chi connectivity index (χ1v) is 7.57. The molecule has 1 heterocycles. The lowest BCUT2D eigenvalue weighted by Crippen LogP contribution is -2.36. The minimum absolute atomic E-state index is 0.166. The molecule has 0 fully saturated rings. The zero-order chi connectivity index (χ0) is 15.5. The fourth-order valence-electron chi connectivity index (χ4n) is 2.88. The normalized spacial score (nSPS) is 16.2. The molecular formula is C17H20N2O3. The fourth-order valence-corrected chi connectivity index (χ4v) is 2.88. The Morgan fingerprint density at radius 1 is 1.36 bits per heavy atom. The molecule has 3 rings (SSSR count). The van der Waals surface area contributed by atoms with Gasteiger partial charge >= 0.3 is 6.03 Å². The number of nitrogens with one attached hydrogen (secondary N) is 2. The van der Waals surface area contributed by atoms with Gasteiger partial charge in [-0.2, -0.15) is 0 Å².